The van der Waals surface area contributed by atoms with Crippen LogP contribution in [0.15, 0.2) is 0 Å². The maximum Gasteiger partial charge on any atom is 0.230 e. The monoisotopic (exact) mass is 126 g/mol. The van der Waals surface area contributed by atoms with Gasteiger partial charge in [-0.1, -0.05) is 20.8 Å². The molecule has 0 heterocycles. The highest BCUT2D eigenvalue weighted by atomic mass is 14.8. The maximum atomic E-state index is 6.56. The fraction of sp³-hybridized carbons (Fsp3) is 0.857. The highest BCUT2D eigenvalue weighted by Crippen LogP contribution is 2.16. The van der Waals surface area contributed by atoms with Crippen LogP contribution in [0, 0.1) is 12.0 Å². The summed E-state index contributed by atoms with van der Waals surface area (Å²) >= 11 is 0. The summed E-state index contributed by atoms with van der Waals surface area (Å²) in [6, 6.07) is 0.00926. The first-order valence-corrected chi connectivity index (χ1v) is 3.07. The Morgan fingerprint density at radius 1 is 1.56 bits per heavy atom. The molecule has 9 heavy (non-hydrogen) atoms. The summed E-state index contributed by atoms with van der Waals surface area (Å²) in [5, 5.41) is 0. The van der Waals surface area contributed by atoms with Gasteiger partial charge in [-0.15, -0.1) is 0 Å². The van der Waals surface area contributed by atoms with Crippen molar-refractivity contribution in [3.63, 3.8) is 0 Å². The minimum atomic E-state index is 0.00926. The summed E-state index contributed by atoms with van der Waals surface area (Å²) in [5.41, 5.74) is 5.72. The topological polar surface area (TPSA) is 30.4 Å². The van der Waals surface area contributed by atoms with Gasteiger partial charge in [-0.05, 0) is 5.41 Å². The molecule has 0 aliphatic rings. The maximum absolute atomic E-state index is 6.56. The standard InChI is InChI=1S/C7H14N2/c1-7(2,3)6(8)5-9-4/h6H,5,8H2,1-3H3/t6-/m0/s1. The summed E-state index contributed by atoms with van der Waals surface area (Å²) in [5.74, 6) is 0. The van der Waals surface area contributed by atoms with Crippen molar-refractivity contribution in [2.75, 3.05) is 6.54 Å². The number of hydrogen-bond donors (Lipinski definition) is 1. The van der Waals surface area contributed by atoms with Crippen LogP contribution in [0.3, 0.4) is 0 Å². The van der Waals surface area contributed by atoms with Gasteiger partial charge in [0.05, 0.1) is 6.04 Å². The van der Waals surface area contributed by atoms with Gasteiger partial charge < -0.3 is 10.6 Å². The molecule has 2 N–H and O–H groups in total. The average Bonchev–Trinajstić information content (AvgIpc) is 1.64. The van der Waals surface area contributed by atoms with E-state index in [0.29, 0.717) is 6.54 Å². The average molecular weight is 126 g/mol. The predicted octanol–water partition coefficient (Wildman–Crippen LogP) is 1.28. The molecule has 0 aromatic heterocycles. The van der Waals surface area contributed by atoms with Gasteiger partial charge in [-0.25, -0.2) is 6.57 Å². The van der Waals surface area contributed by atoms with Crippen LogP contribution in [0.2, 0.25) is 0 Å². The quantitative estimate of drug-likeness (QED) is 0.527. The largest absolute Gasteiger partial charge is 0.321 e. The smallest absolute Gasteiger partial charge is 0.230 e. The zero-order valence-corrected chi connectivity index (χ0v) is 6.31. The first-order valence-electron chi connectivity index (χ1n) is 3.07. The second-order valence-corrected chi connectivity index (χ2v) is 3.31. The first kappa shape index (κ1) is 8.45. The Hall–Kier alpha value is -0.550. The molecule has 0 amide bonds. The molecule has 2 heteroatoms. The van der Waals surface area contributed by atoms with Crippen molar-refractivity contribution in [2.24, 2.45) is 11.1 Å². The zero-order chi connectivity index (χ0) is 7.49. The molecule has 0 unspecified atom stereocenters. The molecule has 0 fully saturated rings. The van der Waals surface area contributed by atoms with Gasteiger partial charge in [-0.2, -0.15) is 0 Å². The second-order valence-electron chi connectivity index (χ2n) is 3.31. The van der Waals surface area contributed by atoms with Crippen molar-refractivity contribution < 1.29 is 0 Å². The van der Waals surface area contributed by atoms with E-state index in [1.54, 1.807) is 0 Å². The Morgan fingerprint density at radius 3 is 2.11 bits per heavy atom. The fourth-order valence-electron chi connectivity index (χ4n) is 0.372. The molecule has 0 rings (SSSR count). The number of hydrogen-bond acceptors (Lipinski definition) is 1. The third-order valence-corrected chi connectivity index (χ3v) is 1.40. The van der Waals surface area contributed by atoms with Crippen LogP contribution in [0.4, 0.5) is 0 Å². The molecule has 0 aliphatic heterocycles. The normalized spacial score (nSPS) is 14.6. The summed E-state index contributed by atoms with van der Waals surface area (Å²) in [4.78, 5) is 3.23. The SMILES string of the molecule is [C-]#[N+]C[C@H](N)C(C)(C)C. The van der Waals surface area contributed by atoms with Gasteiger partial charge >= 0.3 is 0 Å². The number of nitrogens with two attached hydrogens (primary N) is 1. The Morgan fingerprint density at radius 2 is 2.00 bits per heavy atom. The molecule has 0 spiro atoms. The van der Waals surface area contributed by atoms with E-state index in [9.17, 15) is 0 Å². The van der Waals surface area contributed by atoms with E-state index in [2.05, 4.69) is 4.85 Å². The van der Waals surface area contributed by atoms with Crippen molar-refractivity contribution in [3.05, 3.63) is 11.4 Å². The van der Waals surface area contributed by atoms with Crippen molar-refractivity contribution in [3.8, 4) is 0 Å². The first-order chi connectivity index (χ1) is 3.98. The Kier molecular flexibility index (Phi) is 2.66. The van der Waals surface area contributed by atoms with Crippen molar-refractivity contribution >= 4 is 0 Å². The van der Waals surface area contributed by atoms with Gasteiger partial charge in [0.15, 0.2) is 0 Å². The van der Waals surface area contributed by atoms with E-state index >= 15 is 0 Å². The lowest BCUT2D eigenvalue weighted by Gasteiger charge is -2.21. The molecule has 0 radical (unpaired) electrons. The van der Waals surface area contributed by atoms with Gasteiger partial charge in [0.25, 0.3) is 0 Å². The summed E-state index contributed by atoms with van der Waals surface area (Å²) in [6.45, 7) is 13.1. The van der Waals surface area contributed by atoms with E-state index in [1.807, 2.05) is 20.8 Å². The van der Waals surface area contributed by atoms with Crippen LogP contribution in [0.5, 0.6) is 0 Å². The van der Waals surface area contributed by atoms with Gasteiger partial charge in [0, 0.05) is 0 Å². The molecular formula is C7H14N2. The van der Waals surface area contributed by atoms with Crippen LogP contribution in [-0.4, -0.2) is 12.6 Å². The second kappa shape index (κ2) is 2.84. The van der Waals surface area contributed by atoms with E-state index in [0.717, 1.165) is 0 Å². The van der Waals surface area contributed by atoms with Crippen LogP contribution < -0.4 is 5.73 Å². The summed E-state index contributed by atoms with van der Waals surface area (Å²) in [6.07, 6.45) is 0. The minimum Gasteiger partial charge on any atom is -0.321 e. The van der Waals surface area contributed by atoms with Crippen molar-refractivity contribution in [1.82, 2.24) is 0 Å². The van der Waals surface area contributed by atoms with Crippen molar-refractivity contribution in [2.45, 2.75) is 26.8 Å². The lowest BCUT2D eigenvalue weighted by molar-refractivity contribution is 0.335. The summed E-state index contributed by atoms with van der Waals surface area (Å²) in [7, 11) is 0. The van der Waals surface area contributed by atoms with E-state index < -0.39 is 0 Å². The lowest BCUT2D eigenvalue weighted by Crippen LogP contribution is -2.37. The van der Waals surface area contributed by atoms with E-state index in [4.69, 9.17) is 12.3 Å². The molecule has 1 atom stereocenters. The molecule has 0 saturated carbocycles. The van der Waals surface area contributed by atoms with E-state index in [1.165, 1.54) is 0 Å². The fourth-order valence-corrected chi connectivity index (χ4v) is 0.372. The van der Waals surface area contributed by atoms with E-state index in [-0.39, 0.29) is 11.5 Å². The Bertz CT molecular complexity index is 116. The molecule has 0 saturated heterocycles. The summed E-state index contributed by atoms with van der Waals surface area (Å²) < 4.78 is 0. The highest BCUT2D eigenvalue weighted by molar-refractivity contribution is 4.83. The van der Waals surface area contributed by atoms with Crippen LogP contribution in [0.25, 0.3) is 4.85 Å². The number of rotatable bonds is 1. The predicted molar refractivity (Wildman–Crippen MR) is 38.9 cm³/mol. The molecule has 0 aromatic rings. The zero-order valence-electron chi connectivity index (χ0n) is 6.31. The Labute approximate surface area is 56.9 Å². The highest BCUT2D eigenvalue weighted by Gasteiger charge is 2.22. The number of nitrogens with zero attached hydrogens (tertiary/aromatic N) is 1. The van der Waals surface area contributed by atoms with Crippen LogP contribution >= 0.6 is 0 Å². The lowest BCUT2D eigenvalue weighted by atomic mass is 9.88. The molecule has 2 nitrogen and oxygen atoms in total. The van der Waals surface area contributed by atoms with Crippen LogP contribution in [0.1, 0.15) is 20.8 Å². The van der Waals surface area contributed by atoms with Gasteiger partial charge in [0.2, 0.25) is 6.54 Å². The molecule has 0 aliphatic carbocycles. The van der Waals surface area contributed by atoms with Crippen molar-refractivity contribution in [1.29, 1.82) is 0 Å². The molecule has 0 bridgehead atoms. The van der Waals surface area contributed by atoms with Crippen LogP contribution in [-0.2, 0) is 0 Å². The third kappa shape index (κ3) is 3.10. The minimum absolute atomic E-state index is 0.00926. The molecule has 52 valence electrons. The molecular weight excluding hydrogens is 112 g/mol. The van der Waals surface area contributed by atoms with Gasteiger partial charge in [-0.3, -0.25) is 0 Å². The molecule has 0 aromatic carbocycles. The Balaban J connectivity index is 3.76. The van der Waals surface area contributed by atoms with Gasteiger partial charge in [0.1, 0.15) is 0 Å². The third-order valence-electron chi connectivity index (χ3n) is 1.40.